The van der Waals surface area contributed by atoms with E-state index in [1.807, 2.05) is 35.0 Å². The monoisotopic (exact) mass is 533 g/mol. The van der Waals surface area contributed by atoms with Crippen molar-refractivity contribution in [3.63, 3.8) is 0 Å². The molecule has 36 heavy (non-hydrogen) atoms. The Morgan fingerprint density at radius 1 is 0.944 bits per heavy atom. The minimum absolute atomic E-state index is 0.155. The minimum Gasteiger partial charge on any atom is -0.756 e. The lowest BCUT2D eigenvalue weighted by atomic mass is 10.2. The van der Waals surface area contributed by atoms with E-state index in [0.29, 0.717) is 11.0 Å². The van der Waals surface area contributed by atoms with Gasteiger partial charge in [0.25, 0.3) is 7.82 Å². The second kappa shape index (κ2) is 18.4. The molecule has 8 heteroatoms. The van der Waals surface area contributed by atoms with E-state index in [2.05, 4.69) is 89.3 Å². The number of nitrogens with zero attached hydrogens (tertiary/aromatic N) is 3. The highest BCUT2D eigenvalue weighted by atomic mass is 31.2. The number of aryl methyl sites for hydroxylation is 1. The number of likely N-dealkylation sites (N-methyl/N-ethyl adjacent to an activating group) is 1. The van der Waals surface area contributed by atoms with Crippen molar-refractivity contribution in [3.8, 4) is 0 Å². The van der Waals surface area contributed by atoms with Crippen LogP contribution in [0.2, 0.25) is 0 Å². The standard InChI is InChI=1S/C10H16N.C9H22NO4P.C9H22N/c1-9(2)7-11-6-4-5-10(3)8-11;1-9(2)8-14-15(11,12)13-7-6-10(3,4)5;1-6-7-10(4,5)8-9(2)3/h4-6,8-9H,7H2,1-3H3;9H,6-8H2,1-5H3;9H,6-8H2,1-5H3/q+1;;+1. The molecule has 0 radical (unpaired) electrons. The first-order valence-electron chi connectivity index (χ1n) is 13.5. The molecule has 0 aliphatic rings. The van der Waals surface area contributed by atoms with Crippen LogP contribution in [-0.4, -0.2) is 77.1 Å². The number of hydrogen-bond acceptors (Lipinski definition) is 4. The Labute approximate surface area is 224 Å². The van der Waals surface area contributed by atoms with E-state index in [0.717, 1.165) is 18.4 Å². The quantitative estimate of drug-likeness (QED) is 0.205. The maximum Gasteiger partial charge on any atom is 0.268 e. The summed E-state index contributed by atoms with van der Waals surface area (Å²) in [5.41, 5.74) is 1.33. The number of rotatable bonds is 13. The summed E-state index contributed by atoms with van der Waals surface area (Å²) in [7, 11) is 6.42. The van der Waals surface area contributed by atoms with Gasteiger partial charge in [0.1, 0.15) is 13.2 Å². The summed E-state index contributed by atoms with van der Waals surface area (Å²) in [4.78, 5) is 11.2. The van der Waals surface area contributed by atoms with Gasteiger partial charge in [0.05, 0.1) is 54.9 Å². The van der Waals surface area contributed by atoms with Crippen LogP contribution >= 0.6 is 7.82 Å². The van der Waals surface area contributed by atoms with Crippen LogP contribution in [0.3, 0.4) is 0 Å². The number of phosphoric acid groups is 1. The van der Waals surface area contributed by atoms with E-state index in [-0.39, 0.29) is 19.1 Å². The Balaban J connectivity index is 0. The zero-order valence-corrected chi connectivity index (χ0v) is 26.8. The molecule has 1 unspecified atom stereocenters. The first-order chi connectivity index (χ1) is 16.3. The average molecular weight is 534 g/mol. The predicted molar refractivity (Wildman–Crippen MR) is 150 cm³/mol. The highest BCUT2D eigenvalue weighted by Gasteiger charge is 2.15. The van der Waals surface area contributed by atoms with Crippen molar-refractivity contribution >= 4 is 7.82 Å². The van der Waals surface area contributed by atoms with E-state index >= 15 is 0 Å². The van der Waals surface area contributed by atoms with Gasteiger partial charge >= 0.3 is 0 Å². The highest BCUT2D eigenvalue weighted by molar-refractivity contribution is 7.45. The van der Waals surface area contributed by atoms with Crippen molar-refractivity contribution < 1.29 is 32.0 Å². The maximum absolute atomic E-state index is 11.2. The molecule has 1 aromatic rings. The summed E-state index contributed by atoms with van der Waals surface area (Å²) in [6.45, 7) is 21.8. The number of phosphoric ester groups is 1. The molecule has 214 valence electrons. The van der Waals surface area contributed by atoms with Gasteiger partial charge in [0.15, 0.2) is 18.9 Å². The molecule has 0 amide bonds. The summed E-state index contributed by atoms with van der Waals surface area (Å²) >= 11 is 0. The summed E-state index contributed by atoms with van der Waals surface area (Å²) in [5, 5.41) is 0. The lowest BCUT2D eigenvalue weighted by molar-refractivity contribution is -0.893. The Morgan fingerprint density at radius 2 is 1.53 bits per heavy atom. The third kappa shape index (κ3) is 26.2. The Morgan fingerprint density at radius 3 is 1.94 bits per heavy atom. The van der Waals surface area contributed by atoms with Crippen molar-refractivity contribution in [2.45, 2.75) is 68.4 Å². The van der Waals surface area contributed by atoms with E-state index in [1.54, 1.807) is 0 Å². The summed E-state index contributed by atoms with van der Waals surface area (Å²) in [6, 6.07) is 4.22. The molecule has 1 rings (SSSR count). The maximum atomic E-state index is 11.2. The molecule has 1 aromatic heterocycles. The molecule has 7 nitrogen and oxygen atoms in total. The van der Waals surface area contributed by atoms with Crippen molar-refractivity contribution in [2.75, 3.05) is 68.1 Å². The fourth-order valence-electron chi connectivity index (χ4n) is 3.58. The van der Waals surface area contributed by atoms with Gasteiger partial charge in [-0.1, -0.05) is 48.5 Å². The van der Waals surface area contributed by atoms with Gasteiger partial charge in [-0.05, 0) is 25.3 Å². The Hall–Kier alpha value is -0.820. The molecule has 1 atom stereocenters. The first-order valence-corrected chi connectivity index (χ1v) is 14.9. The SMILES string of the molecule is CC(C)COP(=O)([O-])OCC[N+](C)(C)C.CCC[N+](C)(C)CC(C)C.Cc1ccc[n+](CC(C)C)c1. The van der Waals surface area contributed by atoms with Gasteiger partial charge in [0.2, 0.25) is 0 Å². The van der Waals surface area contributed by atoms with Gasteiger partial charge in [-0.3, -0.25) is 4.57 Å². The lowest BCUT2D eigenvalue weighted by Gasteiger charge is -2.31. The summed E-state index contributed by atoms with van der Waals surface area (Å²) in [6.07, 6.45) is 5.59. The molecule has 0 bridgehead atoms. The number of aromatic nitrogens is 1. The Bertz CT molecular complexity index is 732. The lowest BCUT2D eigenvalue weighted by Crippen LogP contribution is -2.42. The van der Waals surface area contributed by atoms with Crippen molar-refractivity contribution in [1.29, 1.82) is 0 Å². The summed E-state index contributed by atoms with van der Waals surface area (Å²) in [5.74, 6) is 1.72. The topological polar surface area (TPSA) is 62.5 Å². The second-order valence-electron chi connectivity index (χ2n) is 12.7. The van der Waals surface area contributed by atoms with Crippen LogP contribution in [0.15, 0.2) is 24.5 Å². The predicted octanol–water partition coefficient (Wildman–Crippen LogP) is 4.92. The largest absolute Gasteiger partial charge is 0.756 e. The molecule has 0 saturated heterocycles. The Kier molecular flexibility index (Phi) is 19.1. The van der Waals surface area contributed by atoms with Crippen molar-refractivity contribution in [3.05, 3.63) is 30.1 Å². The molecule has 0 aromatic carbocycles. The zero-order chi connectivity index (χ0) is 28.6. The first kappa shape index (κ1) is 37.3. The van der Waals surface area contributed by atoms with Crippen LogP contribution in [0.1, 0.15) is 60.5 Å². The molecule has 0 aliphatic heterocycles. The highest BCUT2D eigenvalue weighted by Crippen LogP contribution is 2.38. The van der Waals surface area contributed by atoms with E-state index in [1.165, 1.54) is 29.6 Å². The molecular weight excluding hydrogens is 473 g/mol. The van der Waals surface area contributed by atoms with Gasteiger partial charge in [-0.25, -0.2) is 4.57 Å². The van der Waals surface area contributed by atoms with Gasteiger partial charge in [0, 0.05) is 23.5 Å². The number of pyridine rings is 1. The number of quaternary nitrogens is 2. The molecule has 0 fully saturated rings. The number of hydrogen-bond donors (Lipinski definition) is 0. The van der Waals surface area contributed by atoms with E-state index in [9.17, 15) is 9.46 Å². The molecule has 0 spiro atoms. The third-order valence-corrected chi connectivity index (χ3v) is 5.81. The van der Waals surface area contributed by atoms with Crippen LogP contribution < -0.4 is 9.46 Å². The van der Waals surface area contributed by atoms with Crippen LogP contribution in [-0.2, 0) is 20.2 Å². The molecule has 0 aliphatic carbocycles. The summed E-state index contributed by atoms with van der Waals surface area (Å²) < 4.78 is 24.7. The van der Waals surface area contributed by atoms with Gasteiger partial charge < -0.3 is 22.9 Å². The third-order valence-electron chi connectivity index (χ3n) is 4.85. The van der Waals surface area contributed by atoms with Crippen molar-refractivity contribution in [2.24, 2.45) is 17.8 Å². The van der Waals surface area contributed by atoms with Gasteiger partial charge in [-0.2, -0.15) is 0 Å². The normalized spacial score (nSPS) is 13.7. The average Bonchev–Trinajstić information content (AvgIpc) is 2.64. The van der Waals surface area contributed by atoms with E-state index in [4.69, 9.17) is 4.52 Å². The van der Waals surface area contributed by atoms with Crippen LogP contribution in [0.25, 0.3) is 0 Å². The van der Waals surface area contributed by atoms with Crippen LogP contribution in [0, 0.1) is 24.7 Å². The fraction of sp³-hybridized carbons (Fsp3) is 0.821. The fourth-order valence-corrected chi connectivity index (χ4v) is 4.44. The molecule has 1 heterocycles. The zero-order valence-electron chi connectivity index (χ0n) is 25.9. The van der Waals surface area contributed by atoms with E-state index < -0.39 is 7.82 Å². The molecular formula is C28H60N3O4P+2. The second-order valence-corrected chi connectivity index (χ2v) is 14.1. The molecule has 0 saturated carbocycles. The smallest absolute Gasteiger partial charge is 0.268 e. The van der Waals surface area contributed by atoms with Crippen molar-refractivity contribution in [1.82, 2.24) is 0 Å². The molecule has 0 N–H and O–H groups in total. The van der Waals surface area contributed by atoms with Crippen LogP contribution in [0.4, 0.5) is 0 Å². The van der Waals surface area contributed by atoms with Crippen LogP contribution in [0.5, 0.6) is 0 Å². The van der Waals surface area contributed by atoms with Gasteiger partial charge in [-0.15, -0.1) is 0 Å². The minimum atomic E-state index is -4.09.